The summed E-state index contributed by atoms with van der Waals surface area (Å²) in [5, 5.41) is 33.3. The third-order valence-electron chi connectivity index (χ3n) is 1.64. The zero-order chi connectivity index (χ0) is 14.1. The number of carboxylic acid groups (broad SMARTS) is 1. The van der Waals surface area contributed by atoms with Crippen LogP contribution in [0, 0.1) is 0 Å². The first-order chi connectivity index (χ1) is 8.52. The minimum atomic E-state index is -2.23. The Kier molecular flexibility index (Phi) is 7.20. The van der Waals surface area contributed by atoms with Gasteiger partial charge in [-0.25, -0.2) is 14.6 Å². The Morgan fingerprint density at radius 2 is 1.83 bits per heavy atom. The van der Waals surface area contributed by atoms with Crippen LogP contribution in [0.2, 0.25) is 0 Å². The highest BCUT2D eigenvalue weighted by molar-refractivity contribution is 5.85. The van der Waals surface area contributed by atoms with Gasteiger partial charge in [0.1, 0.15) is 0 Å². The monoisotopic (exact) mass is 259 g/mol. The van der Waals surface area contributed by atoms with Crippen LogP contribution in [0.25, 0.3) is 0 Å². The number of aliphatic carboxylic acids is 1. The number of hydrogen-bond acceptors (Lipinski definition) is 7. The van der Waals surface area contributed by atoms with Crippen molar-refractivity contribution < 1.29 is 34.8 Å². The van der Waals surface area contributed by atoms with Crippen molar-refractivity contribution >= 4 is 11.9 Å². The van der Waals surface area contributed by atoms with Crippen LogP contribution in [0.15, 0.2) is 24.4 Å². The number of pyridine rings is 1. The summed E-state index contributed by atoms with van der Waals surface area (Å²) in [6.07, 6.45) is -3.03. The molecule has 8 nitrogen and oxygen atoms in total. The highest BCUT2D eigenvalue weighted by Gasteiger charge is 2.31. The lowest BCUT2D eigenvalue weighted by Gasteiger charge is -2.12. The van der Waals surface area contributed by atoms with Gasteiger partial charge in [0.2, 0.25) is 5.88 Å². The molecule has 0 saturated heterocycles. The minimum Gasteiger partial charge on any atom is -0.479 e. The summed E-state index contributed by atoms with van der Waals surface area (Å²) >= 11 is 0. The van der Waals surface area contributed by atoms with Crippen molar-refractivity contribution in [2.75, 3.05) is 7.11 Å². The summed E-state index contributed by atoms with van der Waals surface area (Å²) in [5.41, 5.74) is 0. The number of esters is 1. The van der Waals surface area contributed by atoms with Crippen LogP contribution in [-0.4, -0.2) is 56.7 Å². The van der Waals surface area contributed by atoms with Crippen LogP contribution in [0.3, 0.4) is 0 Å². The van der Waals surface area contributed by atoms with E-state index in [1.807, 2.05) is 0 Å². The lowest BCUT2D eigenvalue weighted by Crippen LogP contribution is -2.41. The van der Waals surface area contributed by atoms with Crippen LogP contribution in [0.1, 0.15) is 0 Å². The second-order valence-electron chi connectivity index (χ2n) is 2.82. The van der Waals surface area contributed by atoms with Gasteiger partial charge in [0.25, 0.3) is 0 Å². The molecule has 1 aromatic heterocycles. The van der Waals surface area contributed by atoms with Crippen molar-refractivity contribution in [2.24, 2.45) is 0 Å². The summed E-state index contributed by atoms with van der Waals surface area (Å²) in [7, 11) is 1.00. The van der Waals surface area contributed by atoms with E-state index in [0.717, 1.165) is 7.11 Å². The molecule has 0 aliphatic rings. The van der Waals surface area contributed by atoms with E-state index in [4.69, 9.17) is 20.4 Å². The van der Waals surface area contributed by atoms with Crippen molar-refractivity contribution in [2.45, 2.75) is 12.2 Å². The Hall–Kier alpha value is -2.03. The van der Waals surface area contributed by atoms with E-state index in [1.165, 1.54) is 18.3 Å². The highest BCUT2D eigenvalue weighted by Crippen LogP contribution is 2.06. The fourth-order valence-electron chi connectivity index (χ4n) is 0.835. The van der Waals surface area contributed by atoms with Crippen molar-refractivity contribution in [1.29, 1.82) is 0 Å². The van der Waals surface area contributed by atoms with Crippen LogP contribution >= 0.6 is 0 Å². The quantitative estimate of drug-likeness (QED) is 0.474. The molecule has 1 aromatic rings. The van der Waals surface area contributed by atoms with E-state index in [-0.39, 0.29) is 5.88 Å². The molecule has 4 N–H and O–H groups in total. The van der Waals surface area contributed by atoms with Crippen molar-refractivity contribution in [1.82, 2.24) is 4.98 Å². The topological polar surface area (TPSA) is 137 Å². The largest absolute Gasteiger partial charge is 0.479 e. The molecule has 0 aromatic carbocycles. The van der Waals surface area contributed by atoms with Crippen LogP contribution in [-0.2, 0) is 9.59 Å². The summed E-state index contributed by atoms with van der Waals surface area (Å²) in [4.78, 5) is 25.0. The molecule has 0 aliphatic heterocycles. The standard InChI is InChI=1S/C9H9NO6.CH4O/c11-6(8(13)14)7(12)9(15)16-5-3-1-2-4-10-5;1-2/h1-4,6-7,11-12H,(H,13,14);2H,1H3. The Labute approximate surface area is 102 Å². The van der Waals surface area contributed by atoms with E-state index in [2.05, 4.69) is 9.72 Å². The van der Waals surface area contributed by atoms with E-state index in [9.17, 15) is 9.59 Å². The van der Waals surface area contributed by atoms with Gasteiger partial charge in [0, 0.05) is 19.4 Å². The highest BCUT2D eigenvalue weighted by atomic mass is 16.6. The van der Waals surface area contributed by atoms with Gasteiger partial charge in [-0.3, -0.25) is 0 Å². The first-order valence-electron chi connectivity index (χ1n) is 4.68. The average Bonchev–Trinajstić information content (AvgIpc) is 2.40. The SMILES string of the molecule is CO.O=C(O)C(O)C(O)C(=O)Oc1ccccn1. The Morgan fingerprint density at radius 3 is 2.28 bits per heavy atom. The molecule has 8 heteroatoms. The number of aromatic nitrogens is 1. The number of aliphatic hydroxyl groups excluding tert-OH is 3. The van der Waals surface area contributed by atoms with Gasteiger partial charge in [-0.15, -0.1) is 0 Å². The molecule has 0 fully saturated rings. The molecule has 1 heterocycles. The number of rotatable bonds is 4. The van der Waals surface area contributed by atoms with Crippen LogP contribution in [0.4, 0.5) is 0 Å². The van der Waals surface area contributed by atoms with E-state index >= 15 is 0 Å². The lowest BCUT2D eigenvalue weighted by atomic mass is 10.2. The Balaban J connectivity index is 0.00000137. The molecule has 0 saturated carbocycles. The van der Waals surface area contributed by atoms with Crippen molar-refractivity contribution in [3.05, 3.63) is 24.4 Å². The van der Waals surface area contributed by atoms with Crippen molar-refractivity contribution in [3.8, 4) is 5.88 Å². The molecule has 2 unspecified atom stereocenters. The molecular formula is C10H13NO7. The molecule has 1 rings (SSSR count). The summed E-state index contributed by atoms with van der Waals surface area (Å²) in [6, 6.07) is 4.47. The van der Waals surface area contributed by atoms with Gasteiger partial charge < -0.3 is 25.2 Å². The number of nitrogens with zero attached hydrogens (tertiary/aromatic N) is 1. The normalized spacial score (nSPS) is 12.7. The smallest absolute Gasteiger partial charge is 0.345 e. The summed E-state index contributed by atoms with van der Waals surface area (Å²) in [6.45, 7) is 0. The second kappa shape index (κ2) is 8.12. The number of aliphatic hydroxyl groups is 3. The lowest BCUT2D eigenvalue weighted by molar-refractivity contribution is -0.164. The van der Waals surface area contributed by atoms with Gasteiger partial charge in [-0.05, 0) is 6.07 Å². The number of carbonyl (C=O) groups excluding carboxylic acids is 1. The predicted molar refractivity (Wildman–Crippen MR) is 57.7 cm³/mol. The molecule has 0 spiro atoms. The molecule has 0 bridgehead atoms. The predicted octanol–water partition coefficient (Wildman–Crippen LogP) is -1.60. The van der Waals surface area contributed by atoms with Crippen LogP contribution in [0.5, 0.6) is 5.88 Å². The zero-order valence-electron chi connectivity index (χ0n) is 9.42. The molecule has 2 atom stereocenters. The molecule has 18 heavy (non-hydrogen) atoms. The molecule has 0 radical (unpaired) electrons. The number of carbonyl (C=O) groups is 2. The fraction of sp³-hybridized carbons (Fsp3) is 0.300. The first kappa shape index (κ1) is 16.0. The molecular weight excluding hydrogens is 246 g/mol. The fourth-order valence-corrected chi connectivity index (χ4v) is 0.835. The van der Waals surface area contributed by atoms with E-state index in [1.54, 1.807) is 6.07 Å². The zero-order valence-corrected chi connectivity index (χ0v) is 9.42. The van der Waals surface area contributed by atoms with E-state index < -0.39 is 24.1 Å². The maximum atomic E-state index is 11.1. The third-order valence-corrected chi connectivity index (χ3v) is 1.64. The average molecular weight is 259 g/mol. The van der Waals surface area contributed by atoms with Gasteiger partial charge >= 0.3 is 11.9 Å². The minimum absolute atomic E-state index is 0.0934. The maximum Gasteiger partial charge on any atom is 0.345 e. The third kappa shape index (κ3) is 4.87. The maximum absolute atomic E-state index is 11.1. The van der Waals surface area contributed by atoms with Gasteiger partial charge in [-0.2, -0.15) is 0 Å². The van der Waals surface area contributed by atoms with E-state index in [0.29, 0.717) is 0 Å². The second-order valence-corrected chi connectivity index (χ2v) is 2.82. The number of hydrogen-bond donors (Lipinski definition) is 4. The number of ether oxygens (including phenoxy) is 1. The van der Waals surface area contributed by atoms with Gasteiger partial charge in [0.05, 0.1) is 0 Å². The molecule has 0 amide bonds. The molecule has 0 aliphatic carbocycles. The summed E-state index contributed by atoms with van der Waals surface area (Å²) in [5.74, 6) is -3.09. The van der Waals surface area contributed by atoms with Gasteiger partial charge in [-0.1, -0.05) is 6.07 Å². The Bertz CT molecular complexity index is 381. The van der Waals surface area contributed by atoms with Crippen LogP contribution < -0.4 is 4.74 Å². The van der Waals surface area contributed by atoms with Crippen molar-refractivity contribution in [3.63, 3.8) is 0 Å². The summed E-state index contributed by atoms with van der Waals surface area (Å²) < 4.78 is 4.52. The first-order valence-corrected chi connectivity index (χ1v) is 4.68. The Morgan fingerprint density at radius 1 is 1.22 bits per heavy atom. The van der Waals surface area contributed by atoms with Gasteiger partial charge in [0.15, 0.2) is 12.2 Å². The molecule has 100 valence electrons. The number of carboxylic acids is 1.